The molecule has 2 heteroatoms. The molecule has 9 heavy (non-hydrogen) atoms. The van der Waals surface area contributed by atoms with Crippen molar-refractivity contribution in [3.8, 4) is 6.07 Å². The summed E-state index contributed by atoms with van der Waals surface area (Å²) in [7, 11) is 0. The molecule has 1 heterocycles. The lowest BCUT2D eigenvalue weighted by atomic mass is 10.3. The van der Waals surface area contributed by atoms with Gasteiger partial charge in [-0.05, 0) is 17.7 Å². The number of allylic oxidation sites excluding steroid dienone is 2. The highest BCUT2D eigenvalue weighted by molar-refractivity contribution is 8.04. The van der Waals surface area contributed by atoms with Gasteiger partial charge in [-0.1, -0.05) is 13.0 Å². The maximum absolute atomic E-state index is 8.48. The van der Waals surface area contributed by atoms with E-state index in [4.69, 9.17) is 5.26 Å². The van der Waals surface area contributed by atoms with Crippen molar-refractivity contribution < 1.29 is 0 Å². The SMILES string of the molecule is CCC1=CCC(C#N)S1. The van der Waals surface area contributed by atoms with Crippen molar-refractivity contribution in [1.29, 1.82) is 5.26 Å². The van der Waals surface area contributed by atoms with Crippen LogP contribution in [0.1, 0.15) is 19.8 Å². The topological polar surface area (TPSA) is 23.8 Å². The molecule has 0 aliphatic carbocycles. The maximum Gasteiger partial charge on any atom is 0.0994 e. The Morgan fingerprint density at radius 2 is 2.78 bits per heavy atom. The molecule has 1 aliphatic heterocycles. The van der Waals surface area contributed by atoms with Gasteiger partial charge in [-0.2, -0.15) is 5.26 Å². The molecule has 48 valence electrons. The van der Waals surface area contributed by atoms with Gasteiger partial charge in [0.2, 0.25) is 0 Å². The van der Waals surface area contributed by atoms with Crippen LogP contribution in [0.2, 0.25) is 0 Å². The van der Waals surface area contributed by atoms with E-state index in [0.29, 0.717) is 0 Å². The summed E-state index contributed by atoms with van der Waals surface area (Å²) in [4.78, 5) is 1.38. The number of nitrogens with zero attached hydrogens (tertiary/aromatic N) is 1. The smallest absolute Gasteiger partial charge is 0.0994 e. The second-order valence-corrected chi connectivity index (χ2v) is 3.32. The molecule has 0 bridgehead atoms. The third-order valence-electron chi connectivity index (χ3n) is 1.35. The molecule has 1 rings (SSSR count). The van der Waals surface area contributed by atoms with E-state index >= 15 is 0 Å². The minimum absolute atomic E-state index is 0.208. The van der Waals surface area contributed by atoms with E-state index in [1.807, 2.05) is 0 Å². The van der Waals surface area contributed by atoms with Gasteiger partial charge >= 0.3 is 0 Å². The van der Waals surface area contributed by atoms with E-state index in [2.05, 4.69) is 19.1 Å². The van der Waals surface area contributed by atoms with Crippen LogP contribution in [0.15, 0.2) is 11.0 Å². The van der Waals surface area contributed by atoms with Crippen molar-refractivity contribution in [2.45, 2.75) is 25.0 Å². The predicted molar refractivity (Wildman–Crippen MR) is 40.0 cm³/mol. The molecular formula is C7H9NS. The fraction of sp³-hybridized carbons (Fsp3) is 0.571. The monoisotopic (exact) mass is 139 g/mol. The quantitative estimate of drug-likeness (QED) is 0.556. The zero-order chi connectivity index (χ0) is 6.69. The Kier molecular flexibility index (Phi) is 2.18. The van der Waals surface area contributed by atoms with Crippen molar-refractivity contribution >= 4 is 11.8 Å². The molecule has 1 atom stereocenters. The Labute approximate surface area is 59.7 Å². The van der Waals surface area contributed by atoms with E-state index in [-0.39, 0.29) is 5.25 Å². The van der Waals surface area contributed by atoms with Gasteiger partial charge in [0.15, 0.2) is 0 Å². The average molecular weight is 139 g/mol. The third-order valence-corrected chi connectivity index (χ3v) is 2.69. The Balaban J connectivity index is 2.42. The summed E-state index contributed by atoms with van der Waals surface area (Å²) >= 11 is 1.71. The average Bonchev–Trinajstić information content (AvgIpc) is 2.34. The second kappa shape index (κ2) is 2.93. The fourth-order valence-electron chi connectivity index (χ4n) is 0.824. The molecule has 0 aromatic heterocycles. The van der Waals surface area contributed by atoms with Crippen LogP contribution >= 0.6 is 11.8 Å². The van der Waals surface area contributed by atoms with Crippen LogP contribution < -0.4 is 0 Å². The van der Waals surface area contributed by atoms with Crippen molar-refractivity contribution in [2.24, 2.45) is 0 Å². The maximum atomic E-state index is 8.48. The van der Waals surface area contributed by atoms with E-state index in [9.17, 15) is 0 Å². The summed E-state index contributed by atoms with van der Waals surface area (Å²) in [6, 6.07) is 2.24. The number of hydrogen-bond donors (Lipinski definition) is 0. The zero-order valence-electron chi connectivity index (χ0n) is 5.42. The molecule has 0 aromatic carbocycles. The molecule has 1 aliphatic rings. The van der Waals surface area contributed by atoms with Crippen molar-refractivity contribution in [1.82, 2.24) is 0 Å². The molecule has 0 fully saturated rings. The van der Waals surface area contributed by atoms with Crippen LogP contribution in [-0.2, 0) is 0 Å². The first kappa shape index (κ1) is 6.70. The molecule has 0 amide bonds. The van der Waals surface area contributed by atoms with E-state index in [0.717, 1.165) is 12.8 Å². The van der Waals surface area contributed by atoms with Gasteiger partial charge in [0, 0.05) is 0 Å². The third kappa shape index (κ3) is 1.49. The normalized spacial score (nSPS) is 25.3. The first-order valence-corrected chi connectivity index (χ1v) is 4.00. The first-order valence-electron chi connectivity index (χ1n) is 3.12. The predicted octanol–water partition coefficient (Wildman–Crippen LogP) is 2.31. The number of rotatable bonds is 1. The minimum Gasteiger partial charge on any atom is -0.197 e. The van der Waals surface area contributed by atoms with Crippen molar-refractivity contribution in [3.05, 3.63) is 11.0 Å². The van der Waals surface area contributed by atoms with E-state index < -0.39 is 0 Å². The zero-order valence-corrected chi connectivity index (χ0v) is 6.24. The summed E-state index contributed by atoms with van der Waals surface area (Å²) in [6.45, 7) is 2.12. The molecule has 0 aromatic rings. The van der Waals surface area contributed by atoms with Crippen molar-refractivity contribution in [2.75, 3.05) is 0 Å². The molecular weight excluding hydrogens is 130 g/mol. The Hall–Kier alpha value is -0.420. The van der Waals surface area contributed by atoms with Gasteiger partial charge in [0.05, 0.1) is 11.3 Å². The number of hydrogen-bond acceptors (Lipinski definition) is 2. The molecule has 0 spiro atoms. The highest BCUT2D eigenvalue weighted by atomic mass is 32.2. The first-order chi connectivity index (χ1) is 4.36. The summed E-state index contributed by atoms with van der Waals surface area (Å²) in [5.74, 6) is 0. The Morgan fingerprint density at radius 1 is 2.00 bits per heavy atom. The molecule has 0 saturated heterocycles. The van der Waals surface area contributed by atoms with Crippen LogP contribution in [0.3, 0.4) is 0 Å². The summed E-state index contributed by atoms with van der Waals surface area (Å²) in [5, 5.41) is 8.68. The molecule has 1 nitrogen and oxygen atoms in total. The van der Waals surface area contributed by atoms with Gasteiger partial charge in [-0.15, -0.1) is 11.8 Å². The minimum atomic E-state index is 0.208. The highest BCUT2D eigenvalue weighted by Gasteiger charge is 2.14. The van der Waals surface area contributed by atoms with Gasteiger partial charge in [-0.25, -0.2) is 0 Å². The lowest BCUT2D eigenvalue weighted by Crippen LogP contribution is -1.88. The van der Waals surface area contributed by atoms with Crippen LogP contribution in [0.5, 0.6) is 0 Å². The Morgan fingerprint density at radius 3 is 3.11 bits per heavy atom. The summed E-state index contributed by atoms with van der Waals surface area (Å²) in [5.41, 5.74) is 0. The Bertz CT molecular complexity index is 166. The lowest BCUT2D eigenvalue weighted by molar-refractivity contribution is 1.10. The standard InChI is InChI=1S/C7H9NS/c1-2-6-3-4-7(5-8)9-6/h3,7H,2,4H2,1H3. The number of thioether (sulfide) groups is 1. The molecule has 0 N–H and O–H groups in total. The number of nitriles is 1. The molecule has 0 saturated carbocycles. The lowest BCUT2D eigenvalue weighted by Gasteiger charge is -1.95. The molecule has 0 radical (unpaired) electrons. The highest BCUT2D eigenvalue weighted by Crippen LogP contribution is 2.33. The fourth-order valence-corrected chi connectivity index (χ4v) is 1.79. The van der Waals surface area contributed by atoms with Crippen LogP contribution in [0.25, 0.3) is 0 Å². The van der Waals surface area contributed by atoms with Gasteiger partial charge in [0.25, 0.3) is 0 Å². The largest absolute Gasteiger partial charge is 0.197 e. The van der Waals surface area contributed by atoms with Gasteiger partial charge in [0.1, 0.15) is 0 Å². The van der Waals surface area contributed by atoms with Crippen molar-refractivity contribution in [3.63, 3.8) is 0 Å². The summed E-state index contributed by atoms with van der Waals surface area (Å²) < 4.78 is 0. The second-order valence-electron chi connectivity index (χ2n) is 2.00. The van der Waals surface area contributed by atoms with Crippen LogP contribution in [0, 0.1) is 11.3 Å². The van der Waals surface area contributed by atoms with E-state index in [1.54, 1.807) is 11.8 Å². The van der Waals surface area contributed by atoms with Gasteiger partial charge < -0.3 is 0 Å². The van der Waals surface area contributed by atoms with Crippen LogP contribution in [0.4, 0.5) is 0 Å². The summed E-state index contributed by atoms with van der Waals surface area (Å²) in [6.07, 6.45) is 4.20. The molecule has 1 unspecified atom stereocenters. The van der Waals surface area contributed by atoms with Crippen LogP contribution in [-0.4, -0.2) is 5.25 Å². The van der Waals surface area contributed by atoms with Gasteiger partial charge in [-0.3, -0.25) is 0 Å². The van der Waals surface area contributed by atoms with E-state index in [1.165, 1.54) is 4.91 Å².